The Morgan fingerprint density at radius 1 is 1.07 bits per heavy atom. The highest BCUT2D eigenvalue weighted by atomic mass is 32.2. The Morgan fingerprint density at radius 2 is 1.89 bits per heavy atom. The van der Waals surface area contributed by atoms with E-state index in [1.165, 1.54) is 22.6 Å². The second kappa shape index (κ2) is 7.56. The molecule has 0 unspecified atom stereocenters. The Balaban J connectivity index is 1.61. The summed E-state index contributed by atoms with van der Waals surface area (Å²) in [7, 11) is -3.76. The van der Waals surface area contributed by atoms with Gasteiger partial charge in [0.05, 0.1) is 22.8 Å². The Kier molecular flexibility index (Phi) is 4.97. The summed E-state index contributed by atoms with van der Waals surface area (Å²) in [6.07, 6.45) is 7.56. The van der Waals surface area contributed by atoms with Gasteiger partial charge in [0.25, 0.3) is 0 Å². The number of sulfonamides is 1. The van der Waals surface area contributed by atoms with E-state index in [4.69, 9.17) is 0 Å². The molecule has 144 valence electrons. The number of hydrogen-bond donors (Lipinski definition) is 1. The highest BCUT2D eigenvalue weighted by molar-refractivity contribution is 7.89. The van der Waals surface area contributed by atoms with Crippen molar-refractivity contribution in [1.29, 1.82) is 0 Å². The lowest BCUT2D eigenvalue weighted by atomic mass is 10.1. The molecule has 1 fully saturated rings. The summed E-state index contributed by atoms with van der Waals surface area (Å²) in [4.78, 5) is 16.8. The molecule has 2 aromatic heterocycles. The average Bonchev–Trinajstić information content (AvgIpc) is 3.20. The molecule has 0 aliphatic carbocycles. The van der Waals surface area contributed by atoms with Crippen molar-refractivity contribution in [3.05, 3.63) is 66.6 Å². The number of aromatic nitrogens is 4. The van der Waals surface area contributed by atoms with Crippen molar-refractivity contribution in [3.8, 4) is 0 Å². The Labute approximate surface area is 161 Å². The molecule has 0 bridgehead atoms. The van der Waals surface area contributed by atoms with Crippen LogP contribution in [0.2, 0.25) is 0 Å². The Morgan fingerprint density at radius 3 is 2.64 bits per heavy atom. The topological polar surface area (TPSA) is 101 Å². The van der Waals surface area contributed by atoms with Crippen molar-refractivity contribution in [1.82, 2.24) is 24.2 Å². The molecule has 28 heavy (non-hydrogen) atoms. The highest BCUT2D eigenvalue weighted by Gasteiger charge is 2.37. The molecule has 1 aliphatic heterocycles. The molecule has 0 saturated carbocycles. The van der Waals surface area contributed by atoms with E-state index >= 15 is 0 Å². The van der Waals surface area contributed by atoms with Gasteiger partial charge in [-0.05, 0) is 43.2 Å². The summed E-state index contributed by atoms with van der Waals surface area (Å²) in [6.45, 7) is 0.376. The van der Waals surface area contributed by atoms with E-state index in [9.17, 15) is 12.8 Å². The van der Waals surface area contributed by atoms with Gasteiger partial charge in [0.15, 0.2) is 5.82 Å². The first-order chi connectivity index (χ1) is 13.5. The van der Waals surface area contributed by atoms with Crippen LogP contribution in [0.4, 0.5) is 16.2 Å². The molecule has 1 aromatic carbocycles. The van der Waals surface area contributed by atoms with Crippen LogP contribution in [0.3, 0.4) is 0 Å². The zero-order valence-corrected chi connectivity index (χ0v) is 15.6. The minimum absolute atomic E-state index is 0.0627. The summed E-state index contributed by atoms with van der Waals surface area (Å²) in [5, 5.41) is 2.95. The zero-order valence-electron chi connectivity index (χ0n) is 14.7. The first-order valence-corrected chi connectivity index (χ1v) is 10.1. The van der Waals surface area contributed by atoms with Crippen LogP contribution < -0.4 is 5.32 Å². The molecule has 0 amide bonds. The Bertz CT molecular complexity index is 1060. The van der Waals surface area contributed by atoms with Crippen LogP contribution in [-0.2, 0) is 10.0 Å². The summed E-state index contributed by atoms with van der Waals surface area (Å²) in [5.41, 5.74) is 0.588. The van der Waals surface area contributed by atoms with Crippen molar-refractivity contribution in [3.63, 3.8) is 0 Å². The predicted molar refractivity (Wildman–Crippen MR) is 99.6 cm³/mol. The molecule has 10 heteroatoms. The van der Waals surface area contributed by atoms with Gasteiger partial charge in [-0.1, -0.05) is 0 Å². The van der Waals surface area contributed by atoms with Crippen LogP contribution in [-0.4, -0.2) is 39.2 Å². The van der Waals surface area contributed by atoms with E-state index in [0.29, 0.717) is 36.8 Å². The number of nitrogens with zero attached hydrogens (tertiary/aromatic N) is 5. The SMILES string of the molecule is O=S(=O)(c1ccc(F)cc1)N1CCC[C@@H]1c1ccnc(Nc2cnccn2)n1. The molecule has 8 nitrogen and oxygen atoms in total. The molecule has 1 saturated heterocycles. The second-order valence-electron chi connectivity index (χ2n) is 6.25. The van der Waals surface area contributed by atoms with E-state index in [-0.39, 0.29) is 4.90 Å². The number of hydrogen-bond acceptors (Lipinski definition) is 7. The van der Waals surface area contributed by atoms with E-state index in [2.05, 4.69) is 25.3 Å². The molecule has 0 radical (unpaired) electrons. The third-order valence-corrected chi connectivity index (χ3v) is 6.37. The molecule has 1 N–H and O–H groups in total. The van der Waals surface area contributed by atoms with E-state index < -0.39 is 21.9 Å². The van der Waals surface area contributed by atoms with Crippen molar-refractivity contribution in [2.75, 3.05) is 11.9 Å². The molecule has 0 spiro atoms. The van der Waals surface area contributed by atoms with Crippen molar-refractivity contribution in [2.24, 2.45) is 0 Å². The molecule has 4 rings (SSSR count). The van der Waals surface area contributed by atoms with Gasteiger partial charge in [-0.3, -0.25) is 4.98 Å². The minimum Gasteiger partial charge on any atom is -0.307 e. The van der Waals surface area contributed by atoms with Crippen molar-refractivity contribution >= 4 is 21.8 Å². The second-order valence-corrected chi connectivity index (χ2v) is 8.14. The molecule has 1 aliphatic rings. The summed E-state index contributed by atoms with van der Waals surface area (Å²) >= 11 is 0. The number of rotatable bonds is 5. The molecule has 3 aromatic rings. The maximum atomic E-state index is 13.2. The summed E-state index contributed by atoms with van der Waals surface area (Å²) in [6, 6.07) is 6.13. The van der Waals surface area contributed by atoms with Gasteiger partial charge in [0, 0.05) is 25.1 Å². The standard InChI is InChI=1S/C18H17FN6O2S/c19-13-3-5-14(6-4-13)28(26,27)25-11-1-2-16(25)15-7-8-22-18(23-15)24-17-12-20-9-10-21-17/h3-10,12,16H,1-2,11H2,(H,21,22,23,24)/t16-/m1/s1. The lowest BCUT2D eigenvalue weighted by Crippen LogP contribution is -2.31. The van der Waals surface area contributed by atoms with E-state index in [1.54, 1.807) is 24.7 Å². The fraction of sp³-hybridized carbons (Fsp3) is 0.222. The van der Waals surface area contributed by atoms with Gasteiger partial charge in [-0.15, -0.1) is 0 Å². The molecular formula is C18H17FN6O2S. The third-order valence-electron chi connectivity index (χ3n) is 4.45. The number of nitrogens with one attached hydrogen (secondary N) is 1. The first kappa shape index (κ1) is 18.4. The number of anilines is 2. The van der Waals surface area contributed by atoms with E-state index in [0.717, 1.165) is 12.1 Å². The lowest BCUT2D eigenvalue weighted by molar-refractivity contribution is 0.390. The highest BCUT2D eigenvalue weighted by Crippen LogP contribution is 2.36. The largest absolute Gasteiger partial charge is 0.307 e. The van der Waals surface area contributed by atoms with Crippen molar-refractivity contribution < 1.29 is 12.8 Å². The summed E-state index contributed by atoms with van der Waals surface area (Å²) in [5.74, 6) is 0.318. The van der Waals surface area contributed by atoms with Gasteiger partial charge in [0.1, 0.15) is 5.82 Å². The van der Waals surface area contributed by atoms with Crippen LogP contribution in [0.5, 0.6) is 0 Å². The van der Waals surface area contributed by atoms with Crippen molar-refractivity contribution in [2.45, 2.75) is 23.8 Å². The van der Waals surface area contributed by atoms with Gasteiger partial charge in [-0.2, -0.15) is 4.31 Å². The van der Waals surface area contributed by atoms with Crippen LogP contribution in [0.25, 0.3) is 0 Å². The fourth-order valence-electron chi connectivity index (χ4n) is 3.16. The normalized spacial score (nSPS) is 17.5. The van der Waals surface area contributed by atoms with Crippen LogP contribution in [0.1, 0.15) is 24.6 Å². The van der Waals surface area contributed by atoms with Crippen LogP contribution >= 0.6 is 0 Å². The quantitative estimate of drug-likeness (QED) is 0.703. The molecule has 1 atom stereocenters. The minimum atomic E-state index is -3.76. The predicted octanol–water partition coefficient (Wildman–Crippen LogP) is 2.68. The average molecular weight is 400 g/mol. The zero-order chi connectivity index (χ0) is 19.6. The molecular weight excluding hydrogens is 383 g/mol. The smallest absolute Gasteiger partial charge is 0.243 e. The lowest BCUT2D eigenvalue weighted by Gasteiger charge is -2.24. The third kappa shape index (κ3) is 3.69. The van der Waals surface area contributed by atoms with Gasteiger partial charge >= 0.3 is 0 Å². The fourth-order valence-corrected chi connectivity index (χ4v) is 4.83. The maximum absolute atomic E-state index is 13.2. The Hall–Kier alpha value is -2.98. The number of benzene rings is 1. The monoisotopic (exact) mass is 400 g/mol. The van der Waals surface area contributed by atoms with E-state index in [1.807, 2.05) is 0 Å². The van der Waals surface area contributed by atoms with Crippen LogP contribution in [0.15, 0.2) is 60.0 Å². The maximum Gasteiger partial charge on any atom is 0.243 e. The first-order valence-electron chi connectivity index (χ1n) is 8.67. The summed E-state index contributed by atoms with van der Waals surface area (Å²) < 4.78 is 40.6. The van der Waals surface area contributed by atoms with Gasteiger partial charge in [0.2, 0.25) is 16.0 Å². The number of halogens is 1. The van der Waals surface area contributed by atoms with Gasteiger partial charge in [-0.25, -0.2) is 27.8 Å². The molecule has 3 heterocycles. The van der Waals surface area contributed by atoms with Gasteiger partial charge < -0.3 is 5.32 Å². The van der Waals surface area contributed by atoms with Crippen LogP contribution in [0, 0.1) is 5.82 Å².